The molecule has 1 aromatic heterocycles. The van der Waals surface area contributed by atoms with Crippen molar-refractivity contribution < 1.29 is 9.90 Å². The van der Waals surface area contributed by atoms with Crippen LogP contribution in [0, 0.1) is 0 Å². The molecule has 5 heteroatoms. The number of anilines is 2. The van der Waals surface area contributed by atoms with E-state index >= 15 is 0 Å². The van der Waals surface area contributed by atoms with Crippen molar-refractivity contribution in [1.82, 2.24) is 9.78 Å². The molecule has 0 aliphatic heterocycles. The summed E-state index contributed by atoms with van der Waals surface area (Å²) in [6.45, 7) is 0. The predicted octanol–water partition coefficient (Wildman–Crippen LogP) is 1.86. The van der Waals surface area contributed by atoms with Gasteiger partial charge in [0.25, 0.3) is 0 Å². The standard InChI is InChI=1S/C11H11N3O2/c1-14-6-5-10(13-14)12-9-4-2-3-8(7-9)11(15)16/h2-7H,1H3,(H,12,13)(H,15,16). The van der Waals surface area contributed by atoms with Crippen LogP contribution in [0.3, 0.4) is 0 Å². The van der Waals surface area contributed by atoms with E-state index in [0.717, 1.165) is 0 Å². The molecular formula is C11H11N3O2. The fourth-order valence-corrected chi connectivity index (χ4v) is 1.36. The Morgan fingerprint density at radius 2 is 2.25 bits per heavy atom. The Hall–Kier alpha value is -2.30. The van der Waals surface area contributed by atoms with E-state index in [4.69, 9.17) is 5.11 Å². The SMILES string of the molecule is Cn1ccc(Nc2cccc(C(=O)O)c2)n1. The van der Waals surface area contributed by atoms with E-state index in [9.17, 15) is 4.79 Å². The second kappa shape index (κ2) is 4.06. The molecule has 2 aromatic rings. The third kappa shape index (κ3) is 2.20. The first-order valence-corrected chi connectivity index (χ1v) is 4.75. The minimum atomic E-state index is -0.940. The number of carboxylic acids is 1. The third-order valence-corrected chi connectivity index (χ3v) is 2.10. The molecule has 0 amide bonds. The zero-order valence-corrected chi connectivity index (χ0v) is 8.71. The van der Waals surface area contributed by atoms with Gasteiger partial charge in [0.05, 0.1) is 5.56 Å². The highest BCUT2D eigenvalue weighted by Gasteiger charge is 2.03. The van der Waals surface area contributed by atoms with E-state index in [2.05, 4.69) is 10.4 Å². The molecule has 2 N–H and O–H groups in total. The second-order valence-corrected chi connectivity index (χ2v) is 3.39. The van der Waals surface area contributed by atoms with Gasteiger partial charge in [-0.25, -0.2) is 4.79 Å². The Morgan fingerprint density at radius 3 is 2.88 bits per heavy atom. The maximum atomic E-state index is 10.8. The number of carbonyl (C=O) groups is 1. The Bertz CT molecular complexity index is 519. The molecule has 0 saturated heterocycles. The van der Waals surface area contributed by atoms with Crippen LogP contribution in [0.15, 0.2) is 36.5 Å². The molecule has 82 valence electrons. The first-order valence-electron chi connectivity index (χ1n) is 4.75. The smallest absolute Gasteiger partial charge is 0.335 e. The third-order valence-electron chi connectivity index (χ3n) is 2.10. The lowest BCUT2D eigenvalue weighted by atomic mass is 10.2. The normalized spacial score (nSPS) is 10.1. The molecule has 0 spiro atoms. The molecule has 0 aliphatic rings. The van der Waals surface area contributed by atoms with E-state index in [1.54, 1.807) is 28.9 Å². The van der Waals surface area contributed by atoms with Gasteiger partial charge in [-0.3, -0.25) is 4.68 Å². The highest BCUT2D eigenvalue weighted by atomic mass is 16.4. The molecule has 2 rings (SSSR count). The van der Waals surface area contributed by atoms with E-state index in [1.165, 1.54) is 0 Å². The summed E-state index contributed by atoms with van der Waals surface area (Å²) in [6.07, 6.45) is 1.81. The van der Waals surface area contributed by atoms with Gasteiger partial charge >= 0.3 is 5.97 Å². The van der Waals surface area contributed by atoms with Crippen molar-refractivity contribution in [2.75, 3.05) is 5.32 Å². The summed E-state index contributed by atoms with van der Waals surface area (Å²) in [5.41, 5.74) is 0.958. The maximum Gasteiger partial charge on any atom is 0.335 e. The first kappa shape index (κ1) is 10.2. The van der Waals surface area contributed by atoms with Crippen molar-refractivity contribution in [2.45, 2.75) is 0 Å². The number of nitrogens with zero attached hydrogens (tertiary/aromatic N) is 2. The Kier molecular flexibility index (Phi) is 2.59. The maximum absolute atomic E-state index is 10.8. The lowest BCUT2D eigenvalue weighted by Gasteiger charge is -2.03. The number of hydrogen-bond acceptors (Lipinski definition) is 3. The molecular weight excluding hydrogens is 206 g/mol. The van der Waals surface area contributed by atoms with Crippen LogP contribution in [0.1, 0.15) is 10.4 Å². The van der Waals surface area contributed by atoms with Gasteiger partial charge in [0.15, 0.2) is 5.82 Å². The zero-order chi connectivity index (χ0) is 11.5. The van der Waals surface area contributed by atoms with E-state index < -0.39 is 5.97 Å². The van der Waals surface area contributed by atoms with Crippen molar-refractivity contribution in [3.05, 3.63) is 42.1 Å². The summed E-state index contributed by atoms with van der Waals surface area (Å²) in [7, 11) is 1.82. The average Bonchev–Trinajstić information content (AvgIpc) is 2.64. The predicted molar refractivity (Wildman–Crippen MR) is 59.9 cm³/mol. The van der Waals surface area contributed by atoms with Crippen molar-refractivity contribution >= 4 is 17.5 Å². The average molecular weight is 217 g/mol. The topological polar surface area (TPSA) is 67.2 Å². The summed E-state index contributed by atoms with van der Waals surface area (Å²) < 4.78 is 1.67. The zero-order valence-electron chi connectivity index (χ0n) is 8.71. The lowest BCUT2D eigenvalue weighted by Crippen LogP contribution is -1.98. The number of aromatic nitrogens is 2. The van der Waals surface area contributed by atoms with E-state index in [-0.39, 0.29) is 5.56 Å². The van der Waals surface area contributed by atoms with Crippen LogP contribution in [-0.4, -0.2) is 20.9 Å². The second-order valence-electron chi connectivity index (χ2n) is 3.39. The number of rotatable bonds is 3. The largest absolute Gasteiger partial charge is 0.478 e. The quantitative estimate of drug-likeness (QED) is 0.823. The molecule has 16 heavy (non-hydrogen) atoms. The Labute approximate surface area is 92.3 Å². The van der Waals surface area contributed by atoms with Crippen LogP contribution >= 0.6 is 0 Å². The summed E-state index contributed by atoms with van der Waals surface area (Å²) in [5.74, 6) is -0.255. The number of aromatic carboxylic acids is 1. The molecule has 0 radical (unpaired) electrons. The van der Waals surface area contributed by atoms with Crippen molar-refractivity contribution in [1.29, 1.82) is 0 Å². The fourth-order valence-electron chi connectivity index (χ4n) is 1.36. The van der Waals surface area contributed by atoms with Crippen molar-refractivity contribution in [3.8, 4) is 0 Å². The molecule has 5 nitrogen and oxygen atoms in total. The number of carboxylic acid groups (broad SMARTS) is 1. The van der Waals surface area contributed by atoms with Gasteiger partial charge in [0.1, 0.15) is 0 Å². The van der Waals surface area contributed by atoms with Crippen LogP contribution in [0.5, 0.6) is 0 Å². The summed E-state index contributed by atoms with van der Waals surface area (Å²) in [5, 5.41) is 16.0. The van der Waals surface area contributed by atoms with Crippen molar-refractivity contribution in [3.63, 3.8) is 0 Å². The van der Waals surface area contributed by atoms with Crippen LogP contribution in [0.25, 0.3) is 0 Å². The molecule has 0 aliphatic carbocycles. The van der Waals surface area contributed by atoms with Crippen LogP contribution in [0.2, 0.25) is 0 Å². The molecule has 1 aromatic carbocycles. The Balaban J connectivity index is 2.21. The first-order chi connectivity index (χ1) is 7.65. The summed E-state index contributed by atoms with van der Waals surface area (Å²) >= 11 is 0. The number of benzene rings is 1. The van der Waals surface area contributed by atoms with Crippen LogP contribution in [-0.2, 0) is 7.05 Å². The number of nitrogens with one attached hydrogen (secondary N) is 1. The van der Waals surface area contributed by atoms with Gasteiger partial charge in [-0.15, -0.1) is 0 Å². The molecule has 0 bridgehead atoms. The molecule has 0 fully saturated rings. The minimum absolute atomic E-state index is 0.251. The summed E-state index contributed by atoms with van der Waals surface area (Å²) in [4.78, 5) is 10.8. The van der Waals surface area contributed by atoms with Gasteiger partial charge in [-0.1, -0.05) is 6.07 Å². The van der Waals surface area contributed by atoms with E-state index in [1.807, 2.05) is 19.3 Å². The highest BCUT2D eigenvalue weighted by Crippen LogP contribution is 2.15. The van der Waals surface area contributed by atoms with Gasteiger partial charge in [-0.05, 0) is 18.2 Å². The Morgan fingerprint density at radius 1 is 1.44 bits per heavy atom. The monoisotopic (exact) mass is 217 g/mol. The van der Waals surface area contributed by atoms with Gasteiger partial charge in [-0.2, -0.15) is 5.10 Å². The molecule has 0 saturated carbocycles. The van der Waals surface area contributed by atoms with Crippen LogP contribution in [0.4, 0.5) is 11.5 Å². The fraction of sp³-hybridized carbons (Fsp3) is 0.0909. The number of hydrogen-bond donors (Lipinski definition) is 2. The number of aryl methyl sites for hydroxylation is 1. The van der Waals surface area contributed by atoms with Gasteiger partial charge < -0.3 is 10.4 Å². The summed E-state index contributed by atoms with van der Waals surface area (Å²) in [6, 6.07) is 8.41. The lowest BCUT2D eigenvalue weighted by molar-refractivity contribution is 0.0697. The molecule has 0 atom stereocenters. The molecule has 1 heterocycles. The highest BCUT2D eigenvalue weighted by molar-refractivity contribution is 5.89. The van der Waals surface area contributed by atoms with E-state index in [0.29, 0.717) is 11.5 Å². The van der Waals surface area contributed by atoms with Crippen molar-refractivity contribution in [2.24, 2.45) is 7.05 Å². The van der Waals surface area contributed by atoms with Gasteiger partial charge in [0, 0.05) is 25.0 Å². The molecule has 0 unspecified atom stereocenters. The van der Waals surface area contributed by atoms with Crippen LogP contribution < -0.4 is 5.32 Å². The van der Waals surface area contributed by atoms with Gasteiger partial charge in [0.2, 0.25) is 0 Å². The minimum Gasteiger partial charge on any atom is -0.478 e.